The van der Waals surface area contributed by atoms with Gasteiger partial charge in [0.05, 0.1) is 12.4 Å². The first-order valence-corrected chi connectivity index (χ1v) is 8.19. The van der Waals surface area contributed by atoms with Gasteiger partial charge in [0.2, 0.25) is 0 Å². The molecule has 0 unspecified atom stereocenters. The van der Waals surface area contributed by atoms with Crippen LogP contribution in [0.5, 0.6) is 0 Å². The first-order valence-electron chi connectivity index (χ1n) is 7.39. The van der Waals surface area contributed by atoms with E-state index in [9.17, 15) is 0 Å². The Morgan fingerprint density at radius 2 is 1.90 bits per heavy atom. The molecule has 1 fully saturated rings. The molecule has 21 heavy (non-hydrogen) atoms. The number of rotatable bonds is 1. The van der Waals surface area contributed by atoms with E-state index in [2.05, 4.69) is 47.9 Å². The van der Waals surface area contributed by atoms with Crippen LogP contribution in [0.2, 0.25) is 0 Å². The van der Waals surface area contributed by atoms with Crippen molar-refractivity contribution in [3.8, 4) is 0 Å². The largest absolute Gasteiger partial charge is 0.355 e. The second-order valence-electron chi connectivity index (χ2n) is 6.15. The lowest BCUT2D eigenvalue weighted by Crippen LogP contribution is -2.41. The van der Waals surface area contributed by atoms with E-state index < -0.39 is 0 Å². The molecule has 2 aliphatic rings. The van der Waals surface area contributed by atoms with Crippen molar-refractivity contribution < 1.29 is 0 Å². The fraction of sp³-hybridized carbons (Fsp3) is 0.438. The van der Waals surface area contributed by atoms with Crippen molar-refractivity contribution in [1.29, 1.82) is 0 Å². The molecule has 0 radical (unpaired) electrons. The van der Waals surface area contributed by atoms with E-state index in [1.54, 1.807) is 6.20 Å². The molecule has 0 bridgehead atoms. The van der Waals surface area contributed by atoms with Gasteiger partial charge in [0.15, 0.2) is 0 Å². The van der Waals surface area contributed by atoms with E-state index in [1.165, 1.54) is 30.5 Å². The summed E-state index contributed by atoms with van der Waals surface area (Å²) in [6.45, 7) is 2.12. The van der Waals surface area contributed by atoms with E-state index >= 15 is 0 Å². The predicted molar refractivity (Wildman–Crippen MR) is 85.3 cm³/mol. The van der Waals surface area contributed by atoms with Gasteiger partial charge in [-0.3, -0.25) is 4.98 Å². The number of fused-ring (bicyclic) bond motifs is 1. The molecule has 0 N–H and O–H groups in total. The molecule has 1 spiro atoms. The van der Waals surface area contributed by atoms with Gasteiger partial charge >= 0.3 is 0 Å². The summed E-state index contributed by atoms with van der Waals surface area (Å²) in [4.78, 5) is 15.6. The molecule has 4 nitrogen and oxygen atoms in total. The van der Waals surface area contributed by atoms with E-state index in [-0.39, 0.29) is 0 Å². The minimum Gasteiger partial charge on any atom is -0.355 e. The average Bonchev–Trinajstić information content (AvgIpc) is 2.87. The summed E-state index contributed by atoms with van der Waals surface area (Å²) in [5, 5.41) is 0. The lowest BCUT2D eigenvalue weighted by Gasteiger charge is -2.39. The molecule has 0 amide bonds. The number of anilines is 1. The van der Waals surface area contributed by atoms with Crippen LogP contribution in [0.3, 0.4) is 0 Å². The standard InChI is InChI=1S/C16H17BrN4/c17-14-10-20-15(11-19-14)21-6-3-16(4-7-21)8-12-2-1-5-18-13(12)9-16/h1-2,5,10-11H,3-4,6-9H2. The van der Waals surface area contributed by atoms with Gasteiger partial charge in [0.1, 0.15) is 10.4 Å². The maximum absolute atomic E-state index is 4.55. The Labute approximate surface area is 132 Å². The summed E-state index contributed by atoms with van der Waals surface area (Å²) < 4.78 is 0.789. The van der Waals surface area contributed by atoms with Crippen LogP contribution in [0.1, 0.15) is 24.1 Å². The predicted octanol–water partition coefficient (Wildman–Crippen LogP) is 3.02. The maximum Gasteiger partial charge on any atom is 0.147 e. The van der Waals surface area contributed by atoms with Crippen molar-refractivity contribution in [2.45, 2.75) is 25.7 Å². The Hall–Kier alpha value is -1.49. The Morgan fingerprint density at radius 3 is 2.62 bits per heavy atom. The molecule has 5 heteroatoms. The smallest absolute Gasteiger partial charge is 0.147 e. The van der Waals surface area contributed by atoms with Gasteiger partial charge in [0, 0.05) is 25.0 Å². The van der Waals surface area contributed by atoms with Gasteiger partial charge in [-0.1, -0.05) is 6.07 Å². The zero-order valence-electron chi connectivity index (χ0n) is 11.8. The third kappa shape index (κ3) is 2.44. The first-order chi connectivity index (χ1) is 10.2. The molecular formula is C16H17BrN4. The second kappa shape index (κ2) is 5.05. The molecule has 1 aliphatic carbocycles. The van der Waals surface area contributed by atoms with Gasteiger partial charge in [-0.2, -0.15) is 0 Å². The van der Waals surface area contributed by atoms with Gasteiger partial charge in [-0.15, -0.1) is 0 Å². The van der Waals surface area contributed by atoms with Crippen molar-refractivity contribution >= 4 is 21.7 Å². The number of hydrogen-bond donors (Lipinski definition) is 0. The zero-order valence-corrected chi connectivity index (χ0v) is 13.4. The molecule has 2 aromatic rings. The molecule has 2 aromatic heterocycles. The van der Waals surface area contributed by atoms with Crippen molar-refractivity contribution in [3.63, 3.8) is 0 Å². The lowest BCUT2D eigenvalue weighted by molar-refractivity contribution is 0.231. The van der Waals surface area contributed by atoms with Crippen LogP contribution in [0.15, 0.2) is 35.3 Å². The van der Waals surface area contributed by atoms with Crippen LogP contribution in [-0.2, 0) is 12.8 Å². The highest BCUT2D eigenvalue weighted by molar-refractivity contribution is 9.10. The first kappa shape index (κ1) is 13.2. The van der Waals surface area contributed by atoms with Crippen LogP contribution in [0, 0.1) is 5.41 Å². The summed E-state index contributed by atoms with van der Waals surface area (Å²) in [5.74, 6) is 0.988. The van der Waals surface area contributed by atoms with E-state index in [0.29, 0.717) is 5.41 Å². The van der Waals surface area contributed by atoms with Crippen LogP contribution in [-0.4, -0.2) is 28.0 Å². The normalized spacial score (nSPS) is 19.8. The highest BCUT2D eigenvalue weighted by Gasteiger charge is 2.40. The van der Waals surface area contributed by atoms with Gasteiger partial charge in [-0.05, 0) is 58.7 Å². The van der Waals surface area contributed by atoms with Crippen LogP contribution in [0.25, 0.3) is 0 Å². The van der Waals surface area contributed by atoms with Crippen molar-refractivity contribution in [1.82, 2.24) is 15.0 Å². The summed E-state index contributed by atoms with van der Waals surface area (Å²) in [6, 6.07) is 4.30. The quantitative estimate of drug-likeness (QED) is 0.797. The van der Waals surface area contributed by atoms with Crippen molar-refractivity contribution in [3.05, 3.63) is 46.6 Å². The molecule has 108 valence electrons. The number of piperidine rings is 1. The van der Waals surface area contributed by atoms with Gasteiger partial charge < -0.3 is 4.90 Å². The molecule has 1 saturated heterocycles. The van der Waals surface area contributed by atoms with Crippen molar-refractivity contribution in [2.24, 2.45) is 5.41 Å². The lowest BCUT2D eigenvalue weighted by atomic mass is 9.76. The Balaban J connectivity index is 1.47. The summed E-state index contributed by atoms with van der Waals surface area (Å²) in [5.41, 5.74) is 3.19. The highest BCUT2D eigenvalue weighted by Crippen LogP contribution is 2.44. The molecule has 3 heterocycles. The number of nitrogens with zero attached hydrogens (tertiary/aromatic N) is 4. The van der Waals surface area contributed by atoms with Crippen molar-refractivity contribution in [2.75, 3.05) is 18.0 Å². The summed E-state index contributed by atoms with van der Waals surface area (Å²) >= 11 is 3.34. The van der Waals surface area contributed by atoms with E-state index in [4.69, 9.17) is 0 Å². The van der Waals surface area contributed by atoms with Gasteiger partial charge in [-0.25, -0.2) is 9.97 Å². The molecule has 0 atom stereocenters. The summed E-state index contributed by atoms with van der Waals surface area (Å²) in [7, 11) is 0. The number of aromatic nitrogens is 3. The molecule has 4 rings (SSSR count). The number of hydrogen-bond acceptors (Lipinski definition) is 4. The van der Waals surface area contributed by atoms with Crippen LogP contribution >= 0.6 is 15.9 Å². The van der Waals surface area contributed by atoms with Crippen LogP contribution < -0.4 is 4.90 Å². The third-order valence-corrected chi connectivity index (χ3v) is 5.26. The minimum atomic E-state index is 0.427. The molecule has 0 saturated carbocycles. The fourth-order valence-electron chi connectivity index (χ4n) is 3.65. The monoisotopic (exact) mass is 344 g/mol. The Morgan fingerprint density at radius 1 is 1.05 bits per heavy atom. The maximum atomic E-state index is 4.55. The average molecular weight is 345 g/mol. The van der Waals surface area contributed by atoms with Crippen LogP contribution in [0.4, 0.5) is 5.82 Å². The van der Waals surface area contributed by atoms with E-state index in [1.807, 2.05) is 12.4 Å². The SMILES string of the molecule is Brc1cnc(N2CCC3(CC2)Cc2cccnc2C3)cn1. The zero-order chi connectivity index (χ0) is 14.3. The third-order valence-electron chi connectivity index (χ3n) is 4.85. The minimum absolute atomic E-state index is 0.427. The van der Waals surface area contributed by atoms with Gasteiger partial charge in [0.25, 0.3) is 0 Å². The van der Waals surface area contributed by atoms with E-state index in [0.717, 1.165) is 29.9 Å². The highest BCUT2D eigenvalue weighted by atomic mass is 79.9. The summed E-state index contributed by atoms with van der Waals surface area (Å²) in [6.07, 6.45) is 10.3. The number of halogens is 1. The molecular weight excluding hydrogens is 328 g/mol. The molecule has 1 aliphatic heterocycles. The molecule has 0 aromatic carbocycles. The fourth-order valence-corrected chi connectivity index (χ4v) is 3.85. The second-order valence-corrected chi connectivity index (χ2v) is 6.96. The topological polar surface area (TPSA) is 41.9 Å². The Bertz CT molecular complexity index is 621. The number of pyridine rings is 1. The Kier molecular flexibility index (Phi) is 3.17.